The maximum Gasteiger partial charge on any atom is 0.147 e. The van der Waals surface area contributed by atoms with Crippen molar-refractivity contribution in [2.75, 3.05) is 0 Å². The van der Waals surface area contributed by atoms with Gasteiger partial charge in [-0.25, -0.2) is 0 Å². The van der Waals surface area contributed by atoms with E-state index >= 15 is 0 Å². The van der Waals surface area contributed by atoms with Crippen molar-refractivity contribution in [2.24, 2.45) is 17.8 Å². The number of allylic oxidation sites excluding steroid dienone is 2. The van der Waals surface area contributed by atoms with Gasteiger partial charge in [0.1, 0.15) is 6.29 Å². The van der Waals surface area contributed by atoms with Crippen molar-refractivity contribution < 1.29 is 4.79 Å². The highest BCUT2D eigenvalue weighted by molar-refractivity contribution is 6.31. The Balaban J connectivity index is 2.28. The molecule has 1 saturated carbocycles. The van der Waals surface area contributed by atoms with Gasteiger partial charge in [-0.05, 0) is 24.2 Å². The van der Waals surface area contributed by atoms with E-state index in [2.05, 4.69) is 6.92 Å². The van der Waals surface area contributed by atoms with Crippen LogP contribution in [0.5, 0.6) is 0 Å². The largest absolute Gasteiger partial charge is 0.298 e. The molecule has 2 aliphatic rings. The lowest BCUT2D eigenvalue weighted by Gasteiger charge is -1.96. The summed E-state index contributed by atoms with van der Waals surface area (Å²) in [4.78, 5) is 10.5. The van der Waals surface area contributed by atoms with E-state index in [1.807, 2.05) is 0 Å². The minimum absolute atomic E-state index is 0.519. The molecule has 0 aromatic heterocycles. The van der Waals surface area contributed by atoms with Gasteiger partial charge in [0.15, 0.2) is 0 Å². The molecule has 0 radical (unpaired) electrons. The predicted molar refractivity (Wildman–Crippen MR) is 39.7 cm³/mol. The molecule has 0 unspecified atom stereocenters. The summed E-state index contributed by atoms with van der Waals surface area (Å²) in [5.74, 6) is 1.93. The van der Waals surface area contributed by atoms with E-state index in [1.165, 1.54) is 0 Å². The highest BCUT2D eigenvalue weighted by Gasteiger charge is 2.53. The summed E-state index contributed by atoms with van der Waals surface area (Å²) in [6.45, 7) is 2.18. The fourth-order valence-corrected chi connectivity index (χ4v) is 2.37. The molecule has 0 N–H and O–H groups in total. The topological polar surface area (TPSA) is 17.1 Å². The van der Waals surface area contributed by atoms with Crippen molar-refractivity contribution in [1.29, 1.82) is 0 Å². The summed E-state index contributed by atoms with van der Waals surface area (Å²) >= 11 is 5.82. The van der Waals surface area contributed by atoms with Crippen molar-refractivity contribution in [1.82, 2.24) is 0 Å². The molecule has 1 nitrogen and oxygen atoms in total. The number of hydrogen-bond donors (Lipinski definition) is 0. The molecule has 10 heavy (non-hydrogen) atoms. The summed E-state index contributed by atoms with van der Waals surface area (Å²) in [5.41, 5.74) is 0.874. The molecule has 0 spiro atoms. The van der Waals surface area contributed by atoms with E-state index in [1.54, 1.807) is 0 Å². The van der Waals surface area contributed by atoms with Gasteiger partial charge < -0.3 is 0 Å². The normalized spacial score (nSPS) is 43.6. The Kier molecular flexibility index (Phi) is 1.19. The molecule has 0 amide bonds. The third-order valence-electron chi connectivity index (χ3n) is 2.78. The molecule has 0 bridgehead atoms. The zero-order chi connectivity index (χ0) is 7.30. The number of fused-ring (bicyclic) bond motifs is 1. The van der Waals surface area contributed by atoms with Gasteiger partial charge in [0.25, 0.3) is 0 Å². The number of carbonyl (C=O) groups excluding carboxylic acids is 1. The Morgan fingerprint density at radius 1 is 1.70 bits per heavy atom. The molecule has 0 heterocycles. The van der Waals surface area contributed by atoms with Crippen molar-refractivity contribution >= 4 is 17.9 Å². The number of rotatable bonds is 1. The maximum atomic E-state index is 10.5. The second kappa shape index (κ2) is 1.85. The SMILES string of the molecule is C[C@H]1[C@H]2CC(Cl)=C(C=O)[C@@H]12. The van der Waals surface area contributed by atoms with Gasteiger partial charge >= 0.3 is 0 Å². The summed E-state index contributed by atoms with van der Waals surface area (Å²) < 4.78 is 0. The zero-order valence-electron chi connectivity index (χ0n) is 5.80. The highest BCUT2D eigenvalue weighted by Crippen LogP contribution is 2.59. The van der Waals surface area contributed by atoms with Gasteiger partial charge in [-0.3, -0.25) is 4.79 Å². The quantitative estimate of drug-likeness (QED) is 0.531. The minimum atomic E-state index is 0.519. The molecule has 1 fully saturated rings. The van der Waals surface area contributed by atoms with E-state index in [0.717, 1.165) is 23.3 Å². The number of carbonyl (C=O) groups is 1. The van der Waals surface area contributed by atoms with Crippen LogP contribution in [0.2, 0.25) is 0 Å². The van der Waals surface area contributed by atoms with Crippen LogP contribution in [0.15, 0.2) is 10.6 Å². The molecule has 54 valence electrons. The third kappa shape index (κ3) is 0.615. The average Bonchev–Trinajstić information content (AvgIpc) is 2.45. The Bertz CT molecular complexity index is 219. The Labute approximate surface area is 65.1 Å². The van der Waals surface area contributed by atoms with Gasteiger partial charge in [-0.15, -0.1) is 0 Å². The average molecular weight is 157 g/mol. The van der Waals surface area contributed by atoms with Gasteiger partial charge in [0, 0.05) is 10.6 Å². The van der Waals surface area contributed by atoms with E-state index < -0.39 is 0 Å². The summed E-state index contributed by atoms with van der Waals surface area (Å²) in [7, 11) is 0. The van der Waals surface area contributed by atoms with E-state index in [-0.39, 0.29) is 0 Å². The first-order valence-electron chi connectivity index (χ1n) is 3.59. The predicted octanol–water partition coefficient (Wildman–Crippen LogP) is 1.96. The second-order valence-corrected chi connectivity index (χ2v) is 3.69. The zero-order valence-corrected chi connectivity index (χ0v) is 6.56. The fraction of sp³-hybridized carbons (Fsp3) is 0.625. The van der Waals surface area contributed by atoms with Gasteiger partial charge in [0.2, 0.25) is 0 Å². The highest BCUT2D eigenvalue weighted by atomic mass is 35.5. The van der Waals surface area contributed by atoms with Crippen LogP contribution in [-0.2, 0) is 4.79 Å². The van der Waals surface area contributed by atoms with Crippen LogP contribution < -0.4 is 0 Å². The molecule has 2 heteroatoms. The molecular formula is C8H9ClO. The first-order valence-corrected chi connectivity index (χ1v) is 3.97. The van der Waals surface area contributed by atoms with Crippen LogP contribution in [0.25, 0.3) is 0 Å². The van der Waals surface area contributed by atoms with Crippen LogP contribution in [0, 0.1) is 17.8 Å². The lowest BCUT2D eigenvalue weighted by atomic mass is 10.1. The summed E-state index contributed by atoms with van der Waals surface area (Å²) in [5, 5.41) is 0.808. The van der Waals surface area contributed by atoms with Gasteiger partial charge in [0.05, 0.1) is 0 Å². The summed E-state index contributed by atoms with van der Waals surface area (Å²) in [6.07, 6.45) is 1.87. The molecule has 2 rings (SSSR count). The first-order chi connectivity index (χ1) is 4.75. The molecule has 2 aliphatic carbocycles. The second-order valence-electron chi connectivity index (χ2n) is 3.23. The Hall–Kier alpha value is -0.300. The number of aldehydes is 1. The van der Waals surface area contributed by atoms with E-state index in [0.29, 0.717) is 17.8 Å². The fourth-order valence-electron chi connectivity index (χ4n) is 2.02. The molecule has 3 atom stereocenters. The Morgan fingerprint density at radius 3 is 2.80 bits per heavy atom. The standard InChI is InChI=1S/C8H9ClO/c1-4-5-2-7(9)6(3-10)8(4)5/h3-5,8H,2H2,1H3/t4-,5+,8-/m0/s1. The van der Waals surface area contributed by atoms with Crippen LogP contribution in [0.1, 0.15) is 13.3 Å². The monoisotopic (exact) mass is 156 g/mol. The molecule has 0 aliphatic heterocycles. The molecular weight excluding hydrogens is 148 g/mol. The van der Waals surface area contributed by atoms with Gasteiger partial charge in [-0.2, -0.15) is 0 Å². The third-order valence-corrected chi connectivity index (χ3v) is 3.15. The molecule has 0 aromatic rings. The first kappa shape index (κ1) is 6.41. The van der Waals surface area contributed by atoms with Crippen molar-refractivity contribution in [3.8, 4) is 0 Å². The maximum absolute atomic E-state index is 10.5. The summed E-state index contributed by atoms with van der Waals surface area (Å²) in [6, 6.07) is 0. The van der Waals surface area contributed by atoms with Gasteiger partial charge in [-0.1, -0.05) is 18.5 Å². The minimum Gasteiger partial charge on any atom is -0.298 e. The van der Waals surface area contributed by atoms with Crippen LogP contribution >= 0.6 is 11.6 Å². The van der Waals surface area contributed by atoms with Crippen molar-refractivity contribution in [2.45, 2.75) is 13.3 Å². The number of hydrogen-bond acceptors (Lipinski definition) is 1. The smallest absolute Gasteiger partial charge is 0.147 e. The van der Waals surface area contributed by atoms with E-state index in [9.17, 15) is 4.79 Å². The lowest BCUT2D eigenvalue weighted by molar-refractivity contribution is -0.105. The van der Waals surface area contributed by atoms with Crippen molar-refractivity contribution in [3.63, 3.8) is 0 Å². The lowest BCUT2D eigenvalue weighted by Crippen LogP contribution is -1.89. The van der Waals surface area contributed by atoms with Crippen LogP contribution in [-0.4, -0.2) is 6.29 Å². The van der Waals surface area contributed by atoms with Crippen molar-refractivity contribution in [3.05, 3.63) is 10.6 Å². The van der Waals surface area contributed by atoms with Crippen LogP contribution in [0.3, 0.4) is 0 Å². The Morgan fingerprint density at radius 2 is 2.40 bits per heavy atom. The van der Waals surface area contributed by atoms with E-state index in [4.69, 9.17) is 11.6 Å². The number of halogens is 1. The molecule has 0 aromatic carbocycles. The van der Waals surface area contributed by atoms with Crippen LogP contribution in [0.4, 0.5) is 0 Å². The molecule has 0 saturated heterocycles.